The zero-order valence-corrected chi connectivity index (χ0v) is 14.5. The van der Waals surface area contributed by atoms with Crippen LogP contribution >= 0.6 is 11.6 Å². The summed E-state index contributed by atoms with van der Waals surface area (Å²) in [7, 11) is 1.46. The Kier molecular flexibility index (Phi) is 4.93. The molecular weight excluding hydrogens is 389 g/mol. The smallest absolute Gasteiger partial charge is 0.430 e. The van der Waals surface area contributed by atoms with E-state index in [2.05, 4.69) is 0 Å². The number of carboxylic acids is 1. The van der Waals surface area contributed by atoms with E-state index in [9.17, 15) is 18.0 Å². The lowest BCUT2D eigenvalue weighted by Crippen LogP contribution is -2.40. The van der Waals surface area contributed by atoms with Crippen molar-refractivity contribution in [3.63, 3.8) is 0 Å². The average Bonchev–Trinajstić information content (AvgIpc) is 2.60. The first kappa shape index (κ1) is 18.9. The maximum atomic E-state index is 13.0. The monoisotopic (exact) mass is 400 g/mol. The summed E-state index contributed by atoms with van der Waals surface area (Å²) in [6.07, 6.45) is -6.46. The third-order valence-corrected chi connectivity index (χ3v) is 4.02. The standard InChI is InChI=1S/C18H12ClF3O5/c1-25-15-5-3-11(8-13(15)19)26-10-2-4-14-9(6-10)7-12(17(23)24)16(27-14)18(20,21)22/h2-8,16H,1H3,(H,23,24)/t16-/m0/s1. The van der Waals surface area contributed by atoms with Crippen molar-refractivity contribution in [2.45, 2.75) is 12.3 Å². The lowest BCUT2D eigenvalue weighted by Gasteiger charge is -2.27. The Balaban J connectivity index is 1.92. The number of alkyl halides is 3. The van der Waals surface area contributed by atoms with E-state index >= 15 is 0 Å². The molecule has 2 aromatic carbocycles. The molecule has 0 spiro atoms. The quantitative estimate of drug-likeness (QED) is 0.788. The van der Waals surface area contributed by atoms with Crippen molar-refractivity contribution in [2.24, 2.45) is 0 Å². The lowest BCUT2D eigenvalue weighted by molar-refractivity contribution is -0.187. The number of rotatable bonds is 4. The fourth-order valence-electron chi connectivity index (χ4n) is 2.51. The van der Waals surface area contributed by atoms with E-state index < -0.39 is 23.8 Å². The Morgan fingerprint density at radius 1 is 1.19 bits per heavy atom. The van der Waals surface area contributed by atoms with E-state index in [1.807, 2.05) is 0 Å². The summed E-state index contributed by atoms with van der Waals surface area (Å²) in [5.41, 5.74) is -0.746. The minimum atomic E-state index is -4.85. The first-order valence-electron chi connectivity index (χ1n) is 7.52. The van der Waals surface area contributed by atoms with Crippen molar-refractivity contribution in [1.82, 2.24) is 0 Å². The topological polar surface area (TPSA) is 65.0 Å². The van der Waals surface area contributed by atoms with E-state index in [0.29, 0.717) is 16.5 Å². The average molecular weight is 401 g/mol. The van der Waals surface area contributed by atoms with Gasteiger partial charge in [0.25, 0.3) is 0 Å². The Morgan fingerprint density at radius 3 is 2.44 bits per heavy atom. The van der Waals surface area contributed by atoms with Crippen molar-refractivity contribution in [3.05, 3.63) is 52.6 Å². The molecule has 0 amide bonds. The van der Waals surface area contributed by atoms with Crippen LogP contribution in [0.25, 0.3) is 6.08 Å². The maximum Gasteiger partial charge on any atom is 0.430 e. The second kappa shape index (κ2) is 7.03. The molecule has 0 saturated heterocycles. The molecule has 9 heteroatoms. The van der Waals surface area contributed by atoms with Gasteiger partial charge in [0, 0.05) is 11.6 Å². The van der Waals surface area contributed by atoms with Crippen LogP contribution in [0, 0.1) is 0 Å². The van der Waals surface area contributed by atoms with Crippen molar-refractivity contribution in [1.29, 1.82) is 0 Å². The fourth-order valence-corrected chi connectivity index (χ4v) is 2.76. The summed E-state index contributed by atoms with van der Waals surface area (Å²) >= 11 is 6.02. The minimum absolute atomic E-state index is 0.0950. The van der Waals surface area contributed by atoms with Gasteiger partial charge in [-0.05, 0) is 36.4 Å². The van der Waals surface area contributed by atoms with Crippen molar-refractivity contribution in [2.75, 3.05) is 7.11 Å². The Morgan fingerprint density at radius 2 is 1.85 bits per heavy atom. The number of ether oxygens (including phenoxy) is 3. The van der Waals surface area contributed by atoms with Crippen LogP contribution < -0.4 is 14.2 Å². The molecule has 0 radical (unpaired) electrons. The SMILES string of the molecule is COc1ccc(Oc2ccc3c(c2)C=C(C(=O)O)[C@@H](C(F)(F)F)O3)cc1Cl. The summed E-state index contributed by atoms with van der Waals surface area (Å²) in [5.74, 6) is -0.716. The molecular formula is C18H12ClF3O5. The van der Waals surface area contributed by atoms with Crippen LogP contribution in [-0.4, -0.2) is 30.5 Å². The zero-order valence-electron chi connectivity index (χ0n) is 13.7. The van der Waals surface area contributed by atoms with Crippen LogP contribution in [0.4, 0.5) is 13.2 Å². The number of hydrogen-bond acceptors (Lipinski definition) is 4. The maximum absolute atomic E-state index is 13.0. The van der Waals surface area contributed by atoms with E-state index in [0.717, 1.165) is 6.08 Å². The molecule has 1 aliphatic heterocycles. The molecule has 0 fully saturated rings. The Bertz CT molecular complexity index is 924. The van der Waals surface area contributed by atoms with E-state index in [1.54, 1.807) is 12.1 Å². The third kappa shape index (κ3) is 3.95. The van der Waals surface area contributed by atoms with Crippen LogP contribution in [0.15, 0.2) is 42.0 Å². The molecule has 1 atom stereocenters. The van der Waals surface area contributed by atoms with Crippen molar-refractivity contribution >= 4 is 23.6 Å². The van der Waals surface area contributed by atoms with Gasteiger partial charge in [0.15, 0.2) is 0 Å². The largest absolute Gasteiger partial charge is 0.495 e. The van der Waals surface area contributed by atoms with Gasteiger partial charge >= 0.3 is 12.1 Å². The van der Waals surface area contributed by atoms with Crippen LogP contribution in [0.3, 0.4) is 0 Å². The highest BCUT2D eigenvalue weighted by Crippen LogP contribution is 2.39. The Hall–Kier alpha value is -2.87. The highest BCUT2D eigenvalue weighted by molar-refractivity contribution is 6.32. The predicted octanol–water partition coefficient (Wildman–Crippen LogP) is 4.93. The summed E-state index contributed by atoms with van der Waals surface area (Å²) in [6.45, 7) is 0. The first-order chi connectivity index (χ1) is 12.7. The van der Waals surface area contributed by atoms with E-state index in [4.69, 9.17) is 30.9 Å². The van der Waals surface area contributed by atoms with Gasteiger partial charge in [-0.2, -0.15) is 13.2 Å². The summed E-state index contributed by atoms with van der Waals surface area (Å²) < 4.78 is 54.6. The van der Waals surface area contributed by atoms with Gasteiger partial charge in [-0.1, -0.05) is 11.6 Å². The van der Waals surface area contributed by atoms with Gasteiger partial charge in [0.2, 0.25) is 6.10 Å². The molecule has 5 nitrogen and oxygen atoms in total. The molecule has 0 aliphatic carbocycles. The second-order valence-electron chi connectivity index (χ2n) is 5.54. The zero-order chi connectivity index (χ0) is 19.8. The van der Waals surface area contributed by atoms with Gasteiger partial charge < -0.3 is 19.3 Å². The fraction of sp³-hybridized carbons (Fsp3) is 0.167. The molecule has 2 aromatic rings. The molecule has 27 heavy (non-hydrogen) atoms. The van der Waals surface area contributed by atoms with Gasteiger partial charge in [-0.3, -0.25) is 0 Å². The number of methoxy groups -OCH3 is 1. The van der Waals surface area contributed by atoms with Crippen molar-refractivity contribution < 1.29 is 37.3 Å². The molecule has 1 aliphatic rings. The highest BCUT2D eigenvalue weighted by atomic mass is 35.5. The number of carboxylic acid groups (broad SMARTS) is 1. The third-order valence-electron chi connectivity index (χ3n) is 3.72. The van der Waals surface area contributed by atoms with Crippen LogP contribution in [0.5, 0.6) is 23.0 Å². The number of aliphatic carboxylic acids is 1. The number of benzene rings is 2. The molecule has 0 aromatic heterocycles. The molecule has 3 rings (SSSR count). The molecule has 0 unspecified atom stereocenters. The highest BCUT2D eigenvalue weighted by Gasteiger charge is 2.48. The van der Waals surface area contributed by atoms with Crippen molar-refractivity contribution in [3.8, 4) is 23.0 Å². The van der Waals surface area contributed by atoms with Gasteiger partial charge in [-0.25, -0.2) is 4.79 Å². The number of hydrogen-bond donors (Lipinski definition) is 1. The first-order valence-corrected chi connectivity index (χ1v) is 7.90. The second-order valence-corrected chi connectivity index (χ2v) is 5.95. The molecule has 1 N–H and O–H groups in total. The van der Waals surface area contributed by atoms with Crippen LogP contribution in [-0.2, 0) is 4.79 Å². The molecule has 142 valence electrons. The van der Waals surface area contributed by atoms with Gasteiger partial charge in [0.05, 0.1) is 17.7 Å². The van der Waals surface area contributed by atoms with Crippen LogP contribution in [0.2, 0.25) is 5.02 Å². The number of fused-ring (bicyclic) bond motifs is 1. The minimum Gasteiger partial charge on any atom is -0.495 e. The van der Waals surface area contributed by atoms with Crippen LogP contribution in [0.1, 0.15) is 5.56 Å². The predicted molar refractivity (Wildman–Crippen MR) is 90.6 cm³/mol. The molecule has 1 heterocycles. The number of carbonyl (C=O) groups is 1. The van der Waals surface area contributed by atoms with E-state index in [-0.39, 0.29) is 17.1 Å². The Labute approximate surface area is 156 Å². The number of halogens is 4. The van der Waals surface area contributed by atoms with E-state index in [1.165, 1.54) is 31.4 Å². The summed E-state index contributed by atoms with van der Waals surface area (Å²) in [5, 5.41) is 9.39. The summed E-state index contributed by atoms with van der Waals surface area (Å²) in [6, 6.07) is 8.76. The molecule has 0 saturated carbocycles. The lowest BCUT2D eigenvalue weighted by atomic mass is 10.0. The molecule has 0 bridgehead atoms. The van der Waals surface area contributed by atoms with Gasteiger partial charge in [0.1, 0.15) is 23.0 Å². The normalized spacial score (nSPS) is 16.0. The summed E-state index contributed by atoms with van der Waals surface area (Å²) in [4.78, 5) is 11.2. The van der Waals surface area contributed by atoms with Gasteiger partial charge in [-0.15, -0.1) is 0 Å².